The maximum Gasteiger partial charge on any atom is 0.316 e. The first-order valence-corrected chi connectivity index (χ1v) is 9.72. The Bertz CT molecular complexity index is 1050. The van der Waals surface area contributed by atoms with Crippen LogP contribution in [0.1, 0.15) is 35.4 Å². The van der Waals surface area contributed by atoms with Crippen LogP contribution in [0.3, 0.4) is 0 Å². The number of ether oxygens (including phenoxy) is 1. The second-order valence-corrected chi connectivity index (χ2v) is 8.13. The van der Waals surface area contributed by atoms with Crippen molar-refractivity contribution in [1.82, 2.24) is 9.47 Å². The number of aliphatic hydroxyl groups is 1. The third-order valence-electron chi connectivity index (χ3n) is 7.27. The van der Waals surface area contributed by atoms with E-state index in [0.717, 1.165) is 22.2 Å². The van der Waals surface area contributed by atoms with Crippen molar-refractivity contribution in [3.05, 3.63) is 47.2 Å². The molecule has 146 valence electrons. The molecule has 5 heterocycles. The molecule has 0 spiro atoms. The number of carbonyl (C=O) groups is 2. The van der Waals surface area contributed by atoms with Crippen molar-refractivity contribution in [2.45, 2.75) is 25.4 Å². The van der Waals surface area contributed by atoms with Crippen molar-refractivity contribution in [3.8, 4) is 0 Å². The molecule has 1 aromatic heterocycles. The molecule has 3 fully saturated rings. The maximum atomic E-state index is 13.8. The summed E-state index contributed by atoms with van der Waals surface area (Å²) in [6.45, 7) is 2.19. The van der Waals surface area contributed by atoms with E-state index in [9.17, 15) is 14.7 Å². The highest BCUT2D eigenvalue weighted by Crippen LogP contribution is 2.59. The molecule has 6 rings (SSSR count). The number of nitrogens with zero attached hydrogens (tertiary/aromatic N) is 2. The number of hydrogen-bond donors (Lipinski definition) is 1. The summed E-state index contributed by atoms with van der Waals surface area (Å²) in [4.78, 5) is 29.0. The third-order valence-corrected chi connectivity index (χ3v) is 7.27. The minimum atomic E-state index is -1.25. The van der Waals surface area contributed by atoms with Gasteiger partial charge in [0.15, 0.2) is 5.78 Å². The second-order valence-electron chi connectivity index (χ2n) is 8.13. The Balaban J connectivity index is 1.82. The summed E-state index contributed by atoms with van der Waals surface area (Å²) in [5.41, 5.74) is 2.59. The van der Waals surface area contributed by atoms with Crippen LogP contribution in [-0.4, -0.2) is 52.6 Å². The van der Waals surface area contributed by atoms with Gasteiger partial charge in [-0.2, -0.15) is 0 Å². The summed E-state index contributed by atoms with van der Waals surface area (Å²) in [6, 6.07) is 7.25. The molecule has 4 bridgehead atoms. The van der Waals surface area contributed by atoms with Crippen LogP contribution in [0.4, 0.5) is 0 Å². The Morgan fingerprint density at radius 3 is 2.82 bits per heavy atom. The molecule has 1 aromatic carbocycles. The van der Waals surface area contributed by atoms with Crippen LogP contribution in [0.15, 0.2) is 35.9 Å². The van der Waals surface area contributed by atoms with Gasteiger partial charge >= 0.3 is 5.97 Å². The van der Waals surface area contributed by atoms with Crippen LogP contribution >= 0.6 is 0 Å². The predicted molar refractivity (Wildman–Crippen MR) is 104 cm³/mol. The van der Waals surface area contributed by atoms with Crippen LogP contribution < -0.4 is 0 Å². The Labute approximate surface area is 163 Å². The van der Waals surface area contributed by atoms with Gasteiger partial charge in [-0.05, 0) is 19.4 Å². The maximum absolute atomic E-state index is 13.8. The number of Topliss-reactive ketones (excluding diaryl/α,β-unsaturated/α-hetero) is 1. The van der Waals surface area contributed by atoms with E-state index in [2.05, 4.69) is 9.47 Å². The van der Waals surface area contributed by atoms with E-state index >= 15 is 0 Å². The molecular weight excluding hydrogens is 356 g/mol. The molecule has 0 amide bonds. The number of piperidine rings is 3. The summed E-state index contributed by atoms with van der Waals surface area (Å²) in [5.74, 6) is -0.781. The van der Waals surface area contributed by atoms with Crippen LogP contribution in [0.5, 0.6) is 0 Å². The number of aromatic nitrogens is 1. The number of fused-ring (bicyclic) bond motifs is 4. The number of aryl methyl sites for hydroxylation is 1. The number of carbonyl (C=O) groups excluding carboxylic acids is 2. The lowest BCUT2D eigenvalue weighted by Crippen LogP contribution is -2.71. The summed E-state index contributed by atoms with van der Waals surface area (Å²) in [5, 5.41) is 11.4. The molecule has 0 aliphatic carbocycles. The number of methoxy groups -OCH3 is 1. The van der Waals surface area contributed by atoms with Crippen molar-refractivity contribution < 1.29 is 19.4 Å². The van der Waals surface area contributed by atoms with Gasteiger partial charge in [-0.15, -0.1) is 0 Å². The minimum absolute atomic E-state index is 0.0492. The van der Waals surface area contributed by atoms with Gasteiger partial charge in [0.1, 0.15) is 5.41 Å². The number of esters is 1. The van der Waals surface area contributed by atoms with Gasteiger partial charge in [0.25, 0.3) is 0 Å². The van der Waals surface area contributed by atoms with E-state index < -0.39 is 24.0 Å². The zero-order chi connectivity index (χ0) is 19.8. The van der Waals surface area contributed by atoms with Gasteiger partial charge < -0.3 is 14.4 Å². The number of ketones is 1. The first-order chi connectivity index (χ1) is 13.5. The normalized spacial score (nSPS) is 34.7. The van der Waals surface area contributed by atoms with Crippen molar-refractivity contribution in [1.29, 1.82) is 0 Å². The summed E-state index contributed by atoms with van der Waals surface area (Å²) in [7, 11) is 3.34. The van der Waals surface area contributed by atoms with E-state index in [0.29, 0.717) is 18.5 Å². The number of hydrogen-bond acceptors (Lipinski definition) is 5. The van der Waals surface area contributed by atoms with Gasteiger partial charge in [0.2, 0.25) is 0 Å². The quantitative estimate of drug-likeness (QED) is 0.639. The summed E-state index contributed by atoms with van der Waals surface area (Å²) in [6.07, 6.45) is 2.71. The molecule has 4 aliphatic rings. The molecule has 4 aliphatic heterocycles. The van der Waals surface area contributed by atoms with E-state index in [1.807, 2.05) is 44.3 Å². The molecule has 6 heteroatoms. The Morgan fingerprint density at radius 2 is 2.14 bits per heavy atom. The SMILES string of the molecule is C/C=C1\CN2C3CC1C(CO)(C(=O)OC)C2C(=O)c1c3n(C)c2ccccc12. The average molecular weight is 380 g/mol. The zero-order valence-electron chi connectivity index (χ0n) is 16.3. The van der Waals surface area contributed by atoms with Crippen molar-refractivity contribution in [3.63, 3.8) is 0 Å². The van der Waals surface area contributed by atoms with Crippen LogP contribution in [-0.2, 0) is 16.6 Å². The van der Waals surface area contributed by atoms with Crippen molar-refractivity contribution >= 4 is 22.7 Å². The summed E-state index contributed by atoms with van der Waals surface area (Å²) >= 11 is 0. The second kappa shape index (κ2) is 5.78. The highest BCUT2D eigenvalue weighted by Gasteiger charge is 2.68. The molecule has 2 aromatic rings. The van der Waals surface area contributed by atoms with E-state index in [-0.39, 0.29) is 17.7 Å². The van der Waals surface area contributed by atoms with Crippen LogP contribution in [0.2, 0.25) is 0 Å². The number of aliphatic hydroxyl groups excluding tert-OH is 1. The van der Waals surface area contributed by atoms with Crippen molar-refractivity contribution in [2.75, 3.05) is 20.3 Å². The lowest BCUT2D eigenvalue weighted by atomic mass is 9.55. The number of rotatable bonds is 2. The number of para-hydroxylation sites is 1. The highest BCUT2D eigenvalue weighted by molar-refractivity contribution is 6.15. The summed E-state index contributed by atoms with van der Waals surface area (Å²) < 4.78 is 7.26. The van der Waals surface area contributed by atoms with Gasteiger partial charge in [-0.1, -0.05) is 29.8 Å². The Hall–Kier alpha value is -2.44. The first kappa shape index (κ1) is 17.6. The zero-order valence-corrected chi connectivity index (χ0v) is 16.3. The van der Waals surface area contributed by atoms with Crippen molar-refractivity contribution in [2.24, 2.45) is 18.4 Å². The monoisotopic (exact) mass is 380 g/mol. The molecule has 0 saturated carbocycles. The first-order valence-electron chi connectivity index (χ1n) is 9.72. The standard InChI is InChI=1S/C22H24N2O4/c1-4-12-10-24-16-9-14(12)22(11-25,21(27)28-3)20(24)19(26)17-13-7-5-6-8-15(13)23(2)18(16)17/h4-8,14,16,20,25H,9-11H2,1-3H3/b12-4+. The minimum Gasteiger partial charge on any atom is -0.468 e. The lowest BCUT2D eigenvalue weighted by Gasteiger charge is -2.61. The molecule has 5 atom stereocenters. The smallest absolute Gasteiger partial charge is 0.316 e. The highest BCUT2D eigenvalue weighted by atomic mass is 16.5. The van der Waals surface area contributed by atoms with Gasteiger partial charge in [-0.3, -0.25) is 14.5 Å². The molecule has 0 radical (unpaired) electrons. The fraction of sp³-hybridized carbons (Fsp3) is 0.455. The van der Waals surface area contributed by atoms with Gasteiger partial charge in [0, 0.05) is 41.7 Å². The number of benzene rings is 1. The Kier molecular flexibility index (Phi) is 3.64. The molecular formula is C22H24N2O4. The fourth-order valence-electron chi connectivity index (χ4n) is 6.09. The van der Waals surface area contributed by atoms with Crippen LogP contribution in [0, 0.1) is 11.3 Å². The molecule has 5 unspecified atom stereocenters. The average Bonchev–Trinajstić information content (AvgIpc) is 3.04. The van der Waals surface area contributed by atoms with E-state index in [1.165, 1.54) is 7.11 Å². The third kappa shape index (κ3) is 1.80. The van der Waals surface area contributed by atoms with Gasteiger partial charge in [0.05, 0.1) is 25.8 Å². The molecule has 6 nitrogen and oxygen atoms in total. The molecule has 3 saturated heterocycles. The lowest BCUT2D eigenvalue weighted by molar-refractivity contribution is -0.177. The van der Waals surface area contributed by atoms with Gasteiger partial charge in [-0.25, -0.2) is 0 Å². The van der Waals surface area contributed by atoms with Crippen LogP contribution in [0.25, 0.3) is 10.9 Å². The predicted octanol–water partition coefficient (Wildman–Crippen LogP) is 2.22. The van der Waals surface area contributed by atoms with E-state index in [1.54, 1.807) is 0 Å². The number of allylic oxidation sites excluding steroid dienone is 1. The Morgan fingerprint density at radius 1 is 1.39 bits per heavy atom. The fourth-order valence-corrected chi connectivity index (χ4v) is 6.09. The molecule has 28 heavy (non-hydrogen) atoms. The molecule has 1 N–H and O–H groups in total. The largest absolute Gasteiger partial charge is 0.468 e. The van der Waals surface area contributed by atoms with E-state index in [4.69, 9.17) is 4.74 Å². The topological polar surface area (TPSA) is 71.8 Å².